The summed E-state index contributed by atoms with van der Waals surface area (Å²) in [7, 11) is 0. The van der Waals surface area contributed by atoms with Crippen LogP contribution in [0.25, 0.3) is 0 Å². The second-order valence-corrected chi connectivity index (χ2v) is 8.21. The van der Waals surface area contributed by atoms with Gasteiger partial charge in [0, 0.05) is 13.1 Å². The second-order valence-electron chi connectivity index (χ2n) is 8.21. The van der Waals surface area contributed by atoms with E-state index in [9.17, 15) is 14.4 Å². The van der Waals surface area contributed by atoms with Gasteiger partial charge in [0.1, 0.15) is 18.2 Å². The van der Waals surface area contributed by atoms with Gasteiger partial charge in [-0.25, -0.2) is 4.79 Å². The molecule has 0 saturated carbocycles. The first-order chi connectivity index (χ1) is 15.2. The van der Waals surface area contributed by atoms with Crippen molar-refractivity contribution < 1.29 is 19.1 Å². The Morgan fingerprint density at radius 3 is 2.16 bits per heavy atom. The fourth-order valence-corrected chi connectivity index (χ4v) is 3.04. The average molecular weight is 438 g/mol. The molecule has 32 heavy (non-hydrogen) atoms. The molecule has 7 nitrogen and oxygen atoms in total. The highest BCUT2D eigenvalue weighted by atomic mass is 16.6. The van der Waals surface area contributed by atoms with E-state index in [0.717, 1.165) is 5.56 Å². The fourth-order valence-electron chi connectivity index (χ4n) is 3.04. The van der Waals surface area contributed by atoms with Gasteiger partial charge in [0.2, 0.25) is 11.8 Å². The lowest BCUT2D eigenvalue weighted by Crippen LogP contribution is -2.47. The maximum atomic E-state index is 13.2. The summed E-state index contributed by atoms with van der Waals surface area (Å²) in [4.78, 5) is 39.6. The number of alkyl carbamates (subject to hydrolysis) is 1. The summed E-state index contributed by atoms with van der Waals surface area (Å²) in [6.07, 6.45) is 0.848. The van der Waals surface area contributed by atoms with Crippen LogP contribution in [0.2, 0.25) is 0 Å². The first kappa shape index (κ1) is 24.7. The minimum Gasteiger partial charge on any atom is -0.444 e. The van der Waals surface area contributed by atoms with Crippen LogP contribution in [-0.2, 0) is 20.9 Å². The zero-order chi connectivity index (χ0) is 23.6. The number of carbonyl (C=O) groups is 3. The smallest absolute Gasteiger partial charge is 0.408 e. The van der Waals surface area contributed by atoms with Gasteiger partial charge in [-0.1, -0.05) is 66.7 Å². The standard InChI is InChI=1S/C25H31N3O4/c1-5-16-28(21(29)18-27-24(31)32-25(2,3)4)22(20-14-10-7-11-15-20)23(30)26-17-19-12-8-6-9-13-19/h5-15,22H,1,16-18H2,2-4H3,(H,26,30)(H,27,31). The molecule has 1 atom stereocenters. The van der Waals surface area contributed by atoms with E-state index >= 15 is 0 Å². The number of hydrogen-bond donors (Lipinski definition) is 2. The molecule has 0 bridgehead atoms. The highest BCUT2D eigenvalue weighted by Gasteiger charge is 2.31. The zero-order valence-electron chi connectivity index (χ0n) is 18.8. The van der Waals surface area contributed by atoms with E-state index in [4.69, 9.17) is 4.74 Å². The quantitative estimate of drug-likeness (QED) is 0.587. The highest BCUT2D eigenvalue weighted by Crippen LogP contribution is 2.22. The van der Waals surface area contributed by atoms with Crippen molar-refractivity contribution in [3.05, 3.63) is 84.4 Å². The van der Waals surface area contributed by atoms with E-state index in [1.807, 2.05) is 48.5 Å². The van der Waals surface area contributed by atoms with Crippen molar-refractivity contribution in [1.29, 1.82) is 0 Å². The van der Waals surface area contributed by atoms with Crippen molar-refractivity contribution in [2.75, 3.05) is 13.1 Å². The van der Waals surface area contributed by atoms with Gasteiger partial charge in [-0.3, -0.25) is 9.59 Å². The number of hydrogen-bond acceptors (Lipinski definition) is 4. The molecule has 7 heteroatoms. The minimum atomic E-state index is -0.883. The van der Waals surface area contributed by atoms with Gasteiger partial charge in [-0.15, -0.1) is 6.58 Å². The maximum absolute atomic E-state index is 13.2. The van der Waals surface area contributed by atoms with Crippen LogP contribution in [-0.4, -0.2) is 41.5 Å². The van der Waals surface area contributed by atoms with Gasteiger partial charge in [0.25, 0.3) is 0 Å². The van der Waals surface area contributed by atoms with E-state index < -0.39 is 23.6 Å². The first-order valence-electron chi connectivity index (χ1n) is 10.4. The van der Waals surface area contributed by atoms with E-state index in [2.05, 4.69) is 17.2 Å². The van der Waals surface area contributed by atoms with Gasteiger partial charge in [-0.2, -0.15) is 0 Å². The van der Waals surface area contributed by atoms with Crippen LogP contribution in [0.4, 0.5) is 4.79 Å². The lowest BCUT2D eigenvalue weighted by molar-refractivity contribution is -0.139. The summed E-state index contributed by atoms with van der Waals surface area (Å²) in [6.45, 7) is 9.08. The zero-order valence-corrected chi connectivity index (χ0v) is 18.8. The number of nitrogens with zero attached hydrogens (tertiary/aromatic N) is 1. The normalized spacial score (nSPS) is 11.7. The molecule has 3 amide bonds. The van der Waals surface area contributed by atoms with Crippen molar-refractivity contribution in [1.82, 2.24) is 15.5 Å². The second kappa shape index (κ2) is 11.7. The summed E-state index contributed by atoms with van der Waals surface area (Å²) < 4.78 is 5.19. The summed E-state index contributed by atoms with van der Waals surface area (Å²) >= 11 is 0. The molecule has 2 N–H and O–H groups in total. The molecule has 1 unspecified atom stereocenters. The average Bonchev–Trinajstić information content (AvgIpc) is 2.76. The lowest BCUT2D eigenvalue weighted by atomic mass is 10.0. The lowest BCUT2D eigenvalue weighted by Gasteiger charge is -2.31. The number of nitrogens with one attached hydrogen (secondary N) is 2. The van der Waals surface area contributed by atoms with E-state index in [1.165, 1.54) is 4.90 Å². The maximum Gasteiger partial charge on any atom is 0.408 e. The number of carbonyl (C=O) groups excluding carboxylic acids is 3. The number of amides is 3. The fraction of sp³-hybridized carbons (Fsp3) is 0.320. The minimum absolute atomic E-state index is 0.132. The van der Waals surface area contributed by atoms with E-state index in [0.29, 0.717) is 12.1 Å². The largest absolute Gasteiger partial charge is 0.444 e. The Morgan fingerprint density at radius 1 is 1.00 bits per heavy atom. The van der Waals surface area contributed by atoms with Gasteiger partial charge in [-0.05, 0) is 31.9 Å². The van der Waals surface area contributed by atoms with Crippen molar-refractivity contribution in [2.45, 2.75) is 39.0 Å². The third-order valence-electron chi connectivity index (χ3n) is 4.41. The molecule has 0 aliphatic rings. The van der Waals surface area contributed by atoms with Crippen molar-refractivity contribution in [2.24, 2.45) is 0 Å². The van der Waals surface area contributed by atoms with Crippen LogP contribution >= 0.6 is 0 Å². The number of ether oxygens (including phenoxy) is 1. The predicted octanol–water partition coefficient (Wildman–Crippen LogP) is 3.58. The molecule has 0 saturated heterocycles. The van der Waals surface area contributed by atoms with Gasteiger partial charge < -0.3 is 20.3 Å². The Balaban J connectivity index is 2.19. The van der Waals surface area contributed by atoms with Crippen molar-refractivity contribution >= 4 is 17.9 Å². The van der Waals surface area contributed by atoms with E-state index in [1.54, 1.807) is 39.0 Å². The van der Waals surface area contributed by atoms with Crippen LogP contribution in [0.5, 0.6) is 0 Å². The molecule has 0 aliphatic heterocycles. The molecule has 0 spiro atoms. The molecule has 0 aliphatic carbocycles. The molecular formula is C25H31N3O4. The van der Waals surface area contributed by atoms with Gasteiger partial charge in [0.15, 0.2) is 0 Å². The SMILES string of the molecule is C=CCN(C(=O)CNC(=O)OC(C)(C)C)C(C(=O)NCc1ccccc1)c1ccccc1. The first-order valence-corrected chi connectivity index (χ1v) is 10.4. The van der Waals surface area contributed by atoms with Crippen LogP contribution in [0, 0.1) is 0 Å². The Bertz CT molecular complexity index is 908. The molecule has 2 rings (SSSR count). The Labute approximate surface area is 189 Å². The number of benzene rings is 2. The monoisotopic (exact) mass is 437 g/mol. The molecule has 0 fully saturated rings. The van der Waals surface area contributed by atoms with Crippen molar-refractivity contribution in [3.8, 4) is 0 Å². The van der Waals surface area contributed by atoms with Crippen LogP contribution in [0.1, 0.15) is 37.9 Å². The summed E-state index contributed by atoms with van der Waals surface area (Å²) in [5, 5.41) is 5.37. The van der Waals surface area contributed by atoms with Gasteiger partial charge in [0.05, 0.1) is 0 Å². The third kappa shape index (κ3) is 7.91. The summed E-state index contributed by atoms with van der Waals surface area (Å²) in [6, 6.07) is 17.7. The molecule has 0 heterocycles. The topological polar surface area (TPSA) is 87.7 Å². The third-order valence-corrected chi connectivity index (χ3v) is 4.41. The molecule has 2 aromatic carbocycles. The Hall–Kier alpha value is -3.61. The van der Waals surface area contributed by atoms with Gasteiger partial charge >= 0.3 is 6.09 Å². The predicted molar refractivity (Wildman–Crippen MR) is 124 cm³/mol. The Morgan fingerprint density at radius 2 is 1.59 bits per heavy atom. The molecule has 0 radical (unpaired) electrons. The summed E-state index contributed by atoms with van der Waals surface area (Å²) in [5.74, 6) is -0.757. The Kier molecular flexibility index (Phi) is 9.01. The molecular weight excluding hydrogens is 406 g/mol. The molecule has 170 valence electrons. The van der Waals surface area contributed by atoms with Crippen molar-refractivity contribution in [3.63, 3.8) is 0 Å². The summed E-state index contributed by atoms with van der Waals surface area (Å²) in [5.41, 5.74) is 0.920. The number of rotatable bonds is 9. The molecule has 0 aromatic heterocycles. The van der Waals surface area contributed by atoms with Crippen LogP contribution in [0.3, 0.4) is 0 Å². The highest BCUT2D eigenvalue weighted by molar-refractivity contribution is 5.90. The van der Waals surface area contributed by atoms with E-state index in [-0.39, 0.29) is 19.0 Å². The van der Waals surface area contributed by atoms with Crippen LogP contribution in [0.15, 0.2) is 73.3 Å². The molecule has 2 aromatic rings. The van der Waals surface area contributed by atoms with Crippen LogP contribution < -0.4 is 10.6 Å².